The van der Waals surface area contributed by atoms with Gasteiger partial charge in [0.15, 0.2) is 0 Å². The van der Waals surface area contributed by atoms with Crippen LogP contribution in [0.25, 0.3) is 0 Å². The van der Waals surface area contributed by atoms with Crippen molar-refractivity contribution in [3.63, 3.8) is 0 Å². The molecule has 1 N–H and O–H groups in total. The van der Waals surface area contributed by atoms with Gasteiger partial charge in [0.1, 0.15) is 18.1 Å². The summed E-state index contributed by atoms with van der Waals surface area (Å²) in [6.45, 7) is 6.55. The van der Waals surface area contributed by atoms with E-state index < -0.39 is 0 Å². The van der Waals surface area contributed by atoms with E-state index in [2.05, 4.69) is 4.90 Å². The highest BCUT2D eigenvalue weighted by Crippen LogP contribution is 2.37. The summed E-state index contributed by atoms with van der Waals surface area (Å²) in [7, 11) is 0. The van der Waals surface area contributed by atoms with E-state index in [9.17, 15) is 5.11 Å². The second-order valence-corrected chi connectivity index (χ2v) is 6.16. The van der Waals surface area contributed by atoms with Crippen molar-refractivity contribution < 1.29 is 14.6 Å². The predicted octanol–water partition coefficient (Wildman–Crippen LogP) is 2.17. The highest BCUT2D eigenvalue weighted by molar-refractivity contribution is 5.32. The Morgan fingerprint density at radius 2 is 1.81 bits per heavy atom. The largest absolute Gasteiger partial charge is 0.494 e. The van der Waals surface area contributed by atoms with Crippen LogP contribution in [0.4, 0.5) is 0 Å². The third-order valence-electron chi connectivity index (χ3n) is 4.59. The van der Waals surface area contributed by atoms with Gasteiger partial charge in [0.2, 0.25) is 0 Å². The van der Waals surface area contributed by atoms with Gasteiger partial charge in [-0.05, 0) is 43.7 Å². The van der Waals surface area contributed by atoms with E-state index in [-0.39, 0.29) is 6.10 Å². The Balaban J connectivity index is 1.42. The smallest absolute Gasteiger partial charge is 0.123 e. The van der Waals surface area contributed by atoms with Crippen LogP contribution in [-0.4, -0.2) is 49.0 Å². The zero-order chi connectivity index (χ0) is 14.7. The number of ether oxygens (including phenoxy) is 2. The van der Waals surface area contributed by atoms with Crippen molar-refractivity contribution in [2.45, 2.75) is 25.9 Å². The normalized spacial score (nSPS) is 28.6. The van der Waals surface area contributed by atoms with E-state index in [1.807, 2.05) is 31.2 Å². The molecule has 0 amide bonds. The van der Waals surface area contributed by atoms with Crippen molar-refractivity contribution in [2.75, 3.05) is 32.8 Å². The fourth-order valence-corrected chi connectivity index (χ4v) is 3.66. The molecule has 1 aliphatic carbocycles. The van der Waals surface area contributed by atoms with Crippen LogP contribution in [-0.2, 0) is 0 Å². The standard InChI is InChI=1S/C17H25NO3/c1-2-20-16-4-3-5-17(10-16)21-7-6-18-11-13-8-15(19)9-14(13)12-18/h3-5,10,13-15,19H,2,6-9,11-12H2,1H3/t13-,14+,15?. The van der Waals surface area contributed by atoms with Crippen LogP contribution in [0.1, 0.15) is 19.8 Å². The molecule has 1 saturated heterocycles. The van der Waals surface area contributed by atoms with Crippen molar-refractivity contribution in [3.8, 4) is 11.5 Å². The van der Waals surface area contributed by atoms with Crippen molar-refractivity contribution in [1.29, 1.82) is 0 Å². The van der Waals surface area contributed by atoms with Gasteiger partial charge < -0.3 is 14.6 Å². The number of benzene rings is 1. The number of rotatable bonds is 6. The minimum absolute atomic E-state index is 0.0558. The van der Waals surface area contributed by atoms with E-state index in [4.69, 9.17) is 9.47 Å². The molecule has 3 rings (SSSR count). The Hall–Kier alpha value is -1.26. The highest BCUT2D eigenvalue weighted by atomic mass is 16.5. The molecule has 3 atom stereocenters. The Kier molecular flexibility index (Phi) is 4.66. The van der Waals surface area contributed by atoms with Gasteiger partial charge >= 0.3 is 0 Å². The monoisotopic (exact) mass is 291 g/mol. The summed E-state index contributed by atoms with van der Waals surface area (Å²) in [6, 6.07) is 7.82. The molecule has 4 nitrogen and oxygen atoms in total. The van der Waals surface area contributed by atoms with Gasteiger partial charge in [-0.2, -0.15) is 0 Å². The second kappa shape index (κ2) is 6.67. The highest BCUT2D eigenvalue weighted by Gasteiger charge is 2.39. The summed E-state index contributed by atoms with van der Waals surface area (Å²) in [5, 5.41) is 9.66. The van der Waals surface area contributed by atoms with Crippen molar-refractivity contribution in [1.82, 2.24) is 4.90 Å². The number of hydrogen-bond acceptors (Lipinski definition) is 4. The first-order valence-corrected chi connectivity index (χ1v) is 8.00. The van der Waals surface area contributed by atoms with Gasteiger partial charge in [-0.1, -0.05) is 6.07 Å². The average Bonchev–Trinajstić information content (AvgIpc) is 2.96. The van der Waals surface area contributed by atoms with Crippen LogP contribution in [0.3, 0.4) is 0 Å². The maximum absolute atomic E-state index is 9.66. The van der Waals surface area contributed by atoms with Gasteiger partial charge in [-0.3, -0.25) is 4.90 Å². The third-order valence-corrected chi connectivity index (χ3v) is 4.59. The molecule has 1 unspecified atom stereocenters. The van der Waals surface area contributed by atoms with Gasteiger partial charge in [-0.25, -0.2) is 0 Å². The molecule has 2 fully saturated rings. The fraction of sp³-hybridized carbons (Fsp3) is 0.647. The van der Waals surface area contributed by atoms with Crippen molar-refractivity contribution in [2.24, 2.45) is 11.8 Å². The van der Waals surface area contributed by atoms with Gasteiger partial charge in [0.25, 0.3) is 0 Å². The first kappa shape index (κ1) is 14.7. The molecule has 2 aliphatic rings. The lowest BCUT2D eigenvalue weighted by Crippen LogP contribution is -2.27. The zero-order valence-electron chi connectivity index (χ0n) is 12.7. The van der Waals surface area contributed by atoms with E-state index in [1.165, 1.54) is 0 Å². The minimum Gasteiger partial charge on any atom is -0.494 e. The van der Waals surface area contributed by atoms with Crippen LogP contribution in [0.15, 0.2) is 24.3 Å². The lowest BCUT2D eigenvalue weighted by molar-refractivity contribution is 0.157. The van der Waals surface area contributed by atoms with Gasteiger partial charge in [-0.15, -0.1) is 0 Å². The van der Waals surface area contributed by atoms with E-state index >= 15 is 0 Å². The summed E-state index contributed by atoms with van der Waals surface area (Å²) in [6.07, 6.45) is 1.91. The first-order valence-electron chi connectivity index (χ1n) is 8.00. The minimum atomic E-state index is -0.0558. The summed E-state index contributed by atoms with van der Waals surface area (Å²) >= 11 is 0. The number of aliphatic hydroxyl groups is 1. The second-order valence-electron chi connectivity index (χ2n) is 6.16. The number of hydrogen-bond donors (Lipinski definition) is 1. The van der Waals surface area contributed by atoms with Crippen molar-refractivity contribution in [3.05, 3.63) is 24.3 Å². The molecule has 1 aliphatic heterocycles. The van der Waals surface area contributed by atoms with Crippen LogP contribution < -0.4 is 9.47 Å². The zero-order valence-corrected chi connectivity index (χ0v) is 12.7. The predicted molar refractivity (Wildman–Crippen MR) is 81.8 cm³/mol. The molecule has 116 valence electrons. The maximum atomic E-state index is 9.66. The Morgan fingerprint density at radius 3 is 2.48 bits per heavy atom. The maximum Gasteiger partial charge on any atom is 0.123 e. The van der Waals surface area contributed by atoms with Crippen LogP contribution in [0.5, 0.6) is 11.5 Å². The SMILES string of the molecule is CCOc1cccc(OCCN2C[C@H]3CC(O)C[C@H]3C2)c1. The number of nitrogens with zero attached hydrogens (tertiary/aromatic N) is 1. The van der Waals surface area contributed by atoms with Gasteiger partial charge in [0, 0.05) is 25.7 Å². The molecule has 1 aromatic rings. The lowest BCUT2D eigenvalue weighted by atomic mass is 10.0. The molecular formula is C17H25NO3. The quantitative estimate of drug-likeness (QED) is 0.872. The summed E-state index contributed by atoms with van der Waals surface area (Å²) in [5.41, 5.74) is 0. The number of likely N-dealkylation sites (tertiary alicyclic amines) is 1. The third kappa shape index (κ3) is 3.69. The Bertz CT molecular complexity index is 451. The molecule has 0 aromatic heterocycles. The molecule has 0 bridgehead atoms. The molecule has 1 saturated carbocycles. The number of aliphatic hydroxyl groups excluding tert-OH is 1. The number of fused-ring (bicyclic) bond motifs is 1. The lowest BCUT2D eigenvalue weighted by Gasteiger charge is -2.18. The van der Waals surface area contributed by atoms with E-state index in [0.29, 0.717) is 25.0 Å². The first-order chi connectivity index (χ1) is 10.2. The summed E-state index contributed by atoms with van der Waals surface area (Å²) in [4.78, 5) is 2.47. The van der Waals surface area contributed by atoms with Crippen LogP contribution >= 0.6 is 0 Å². The summed E-state index contributed by atoms with van der Waals surface area (Å²) in [5.74, 6) is 3.12. The molecule has 1 aromatic carbocycles. The fourth-order valence-electron chi connectivity index (χ4n) is 3.66. The molecule has 0 radical (unpaired) electrons. The Morgan fingerprint density at radius 1 is 1.14 bits per heavy atom. The Labute approximate surface area is 126 Å². The molecule has 1 heterocycles. The molecule has 4 heteroatoms. The van der Waals surface area contributed by atoms with E-state index in [1.54, 1.807) is 0 Å². The molecule has 21 heavy (non-hydrogen) atoms. The van der Waals surface area contributed by atoms with Crippen LogP contribution in [0, 0.1) is 11.8 Å². The summed E-state index contributed by atoms with van der Waals surface area (Å²) < 4.78 is 11.3. The average molecular weight is 291 g/mol. The van der Waals surface area contributed by atoms with Crippen LogP contribution in [0.2, 0.25) is 0 Å². The molecule has 0 spiro atoms. The molecular weight excluding hydrogens is 266 g/mol. The topological polar surface area (TPSA) is 41.9 Å². The van der Waals surface area contributed by atoms with Crippen molar-refractivity contribution >= 4 is 0 Å². The van der Waals surface area contributed by atoms with Gasteiger partial charge in [0.05, 0.1) is 12.7 Å². The van der Waals surface area contributed by atoms with E-state index in [0.717, 1.165) is 44.0 Å².